The number of rotatable bonds is 11. The Morgan fingerprint density at radius 2 is 1.51 bits per heavy atom. The molecule has 0 saturated carbocycles. The van der Waals surface area contributed by atoms with Crippen LogP contribution in [0.15, 0.2) is 83.8 Å². The summed E-state index contributed by atoms with van der Waals surface area (Å²) in [4.78, 5) is 24.9. The molecule has 1 atom stereocenters. The van der Waals surface area contributed by atoms with Gasteiger partial charge >= 0.3 is 22.2 Å². The molecule has 208 valence electrons. The largest absolute Gasteiger partial charge is 0.460 e. The Balaban J connectivity index is 1.62. The van der Waals surface area contributed by atoms with Crippen molar-refractivity contribution < 1.29 is 31.7 Å². The van der Waals surface area contributed by atoms with Crippen molar-refractivity contribution in [3.05, 3.63) is 95.6 Å². The summed E-state index contributed by atoms with van der Waals surface area (Å²) in [5.74, 6) is -0.492. The highest BCUT2D eigenvalue weighted by atomic mass is 32.2. The second kappa shape index (κ2) is 13.3. The first-order chi connectivity index (χ1) is 18.4. The van der Waals surface area contributed by atoms with Crippen LogP contribution >= 0.6 is 0 Å². The molecule has 39 heavy (non-hydrogen) atoms. The van der Waals surface area contributed by atoms with Crippen LogP contribution in [0.4, 0.5) is 4.79 Å². The normalized spacial score (nSPS) is 12.3. The molecule has 3 aromatic rings. The molecular weight excluding hydrogens is 518 g/mol. The minimum absolute atomic E-state index is 0.0693. The molecule has 8 nitrogen and oxygen atoms in total. The number of benzene rings is 3. The van der Waals surface area contributed by atoms with Crippen molar-refractivity contribution >= 4 is 22.2 Å². The van der Waals surface area contributed by atoms with Gasteiger partial charge in [-0.05, 0) is 75.4 Å². The second-order valence-corrected chi connectivity index (χ2v) is 11.8. The van der Waals surface area contributed by atoms with E-state index < -0.39 is 21.8 Å². The van der Waals surface area contributed by atoms with E-state index in [0.717, 1.165) is 16.7 Å². The van der Waals surface area contributed by atoms with Gasteiger partial charge in [-0.15, -0.1) is 0 Å². The summed E-state index contributed by atoms with van der Waals surface area (Å²) < 4.78 is 41.2. The molecule has 0 aromatic heterocycles. The van der Waals surface area contributed by atoms with E-state index in [2.05, 4.69) is 5.32 Å². The number of amides is 1. The number of hydrogen-bond donors (Lipinski definition) is 1. The Labute approximate surface area is 230 Å². The maximum Gasteiger partial charge on any atom is 0.407 e. The Bertz CT molecular complexity index is 1330. The first-order valence-electron chi connectivity index (χ1n) is 12.7. The third-order valence-electron chi connectivity index (χ3n) is 5.59. The van der Waals surface area contributed by atoms with Gasteiger partial charge in [-0.25, -0.2) is 4.79 Å². The molecule has 0 fully saturated rings. The van der Waals surface area contributed by atoms with E-state index in [-0.39, 0.29) is 42.1 Å². The molecule has 1 N–H and O–H groups in total. The number of alkyl carbamates (subject to hydrolysis) is 1. The lowest BCUT2D eigenvalue weighted by atomic mass is 9.96. The fourth-order valence-electron chi connectivity index (χ4n) is 3.73. The Morgan fingerprint density at radius 3 is 2.13 bits per heavy atom. The van der Waals surface area contributed by atoms with E-state index in [1.165, 1.54) is 12.1 Å². The van der Waals surface area contributed by atoms with Gasteiger partial charge in [0.1, 0.15) is 22.9 Å². The summed E-state index contributed by atoms with van der Waals surface area (Å²) in [7, 11) is -3.97. The zero-order valence-electron chi connectivity index (χ0n) is 22.7. The Morgan fingerprint density at radius 1 is 0.872 bits per heavy atom. The van der Waals surface area contributed by atoms with Crippen molar-refractivity contribution in [3.63, 3.8) is 0 Å². The standard InChI is InChI=1S/C30H35NO7S/c1-22-10-16-27(17-11-22)39(34,35)38-26-14-12-23(13-15-26)18-25(19-28(32)37-30(2,3)4)20-31-29(33)36-21-24-8-6-5-7-9-24/h5-17,25H,18-21H2,1-4H3,(H,31,33). The van der Waals surface area contributed by atoms with Crippen molar-refractivity contribution in [1.82, 2.24) is 5.32 Å². The van der Waals surface area contributed by atoms with Gasteiger partial charge in [0.15, 0.2) is 0 Å². The molecule has 0 spiro atoms. The molecule has 3 aromatic carbocycles. The second-order valence-electron chi connectivity index (χ2n) is 10.3. The topological polar surface area (TPSA) is 108 Å². The molecule has 0 aliphatic carbocycles. The average molecular weight is 554 g/mol. The maximum atomic E-state index is 12.6. The number of aryl methyl sites for hydroxylation is 1. The van der Waals surface area contributed by atoms with Crippen LogP contribution in [0.3, 0.4) is 0 Å². The Hall–Kier alpha value is -3.85. The maximum absolute atomic E-state index is 12.6. The third kappa shape index (κ3) is 10.4. The molecule has 0 heterocycles. The van der Waals surface area contributed by atoms with E-state index in [1.54, 1.807) is 57.2 Å². The smallest absolute Gasteiger partial charge is 0.407 e. The van der Waals surface area contributed by atoms with Crippen LogP contribution in [0.25, 0.3) is 0 Å². The lowest BCUT2D eigenvalue weighted by Crippen LogP contribution is -2.33. The lowest BCUT2D eigenvalue weighted by molar-refractivity contribution is -0.155. The van der Waals surface area contributed by atoms with Crippen LogP contribution in [-0.2, 0) is 37.4 Å². The van der Waals surface area contributed by atoms with Gasteiger partial charge in [-0.3, -0.25) is 4.79 Å². The Kier molecular flexibility index (Phi) is 10.1. The van der Waals surface area contributed by atoms with Gasteiger partial charge in [0.25, 0.3) is 0 Å². The molecular formula is C30H35NO7S. The molecule has 3 rings (SSSR count). The van der Waals surface area contributed by atoms with E-state index in [1.807, 2.05) is 37.3 Å². The molecule has 1 unspecified atom stereocenters. The van der Waals surface area contributed by atoms with Gasteiger partial charge < -0.3 is 19.0 Å². The van der Waals surface area contributed by atoms with Gasteiger partial charge in [0.05, 0.1) is 6.42 Å². The van der Waals surface area contributed by atoms with Crippen LogP contribution in [0.1, 0.15) is 43.9 Å². The predicted molar refractivity (Wildman–Crippen MR) is 148 cm³/mol. The van der Waals surface area contributed by atoms with E-state index in [4.69, 9.17) is 13.7 Å². The van der Waals surface area contributed by atoms with Crippen molar-refractivity contribution in [2.45, 2.75) is 57.6 Å². The lowest BCUT2D eigenvalue weighted by Gasteiger charge is -2.22. The number of esters is 1. The fraction of sp³-hybridized carbons (Fsp3) is 0.333. The first kappa shape index (κ1) is 29.7. The molecule has 9 heteroatoms. The summed E-state index contributed by atoms with van der Waals surface area (Å²) in [6.45, 7) is 7.58. The SMILES string of the molecule is Cc1ccc(S(=O)(=O)Oc2ccc(CC(CNC(=O)OCc3ccccc3)CC(=O)OC(C)(C)C)cc2)cc1. The van der Waals surface area contributed by atoms with Crippen LogP contribution < -0.4 is 9.50 Å². The number of carbonyl (C=O) groups excluding carboxylic acids is 2. The van der Waals surface area contributed by atoms with E-state index in [9.17, 15) is 18.0 Å². The van der Waals surface area contributed by atoms with Gasteiger partial charge in [-0.1, -0.05) is 60.2 Å². The zero-order valence-corrected chi connectivity index (χ0v) is 23.5. The monoisotopic (exact) mass is 553 g/mol. The summed E-state index contributed by atoms with van der Waals surface area (Å²) >= 11 is 0. The highest BCUT2D eigenvalue weighted by Crippen LogP contribution is 2.22. The number of ether oxygens (including phenoxy) is 2. The number of nitrogens with one attached hydrogen (secondary N) is 1. The van der Waals surface area contributed by atoms with Crippen molar-refractivity contribution in [2.24, 2.45) is 5.92 Å². The number of carbonyl (C=O) groups is 2. The molecule has 0 bridgehead atoms. The van der Waals surface area contributed by atoms with Crippen LogP contribution in [0.5, 0.6) is 5.75 Å². The highest BCUT2D eigenvalue weighted by Gasteiger charge is 2.22. The molecule has 0 radical (unpaired) electrons. The van der Waals surface area contributed by atoms with E-state index in [0.29, 0.717) is 6.42 Å². The van der Waals surface area contributed by atoms with Gasteiger partial charge in [0, 0.05) is 6.54 Å². The van der Waals surface area contributed by atoms with Crippen molar-refractivity contribution in [2.75, 3.05) is 6.54 Å². The third-order valence-corrected chi connectivity index (χ3v) is 6.85. The summed E-state index contributed by atoms with van der Waals surface area (Å²) in [6.07, 6.45) is -0.0717. The average Bonchev–Trinajstić information content (AvgIpc) is 2.87. The number of hydrogen-bond acceptors (Lipinski definition) is 7. The molecule has 0 aliphatic heterocycles. The first-order valence-corrected chi connectivity index (χ1v) is 14.1. The van der Waals surface area contributed by atoms with Crippen LogP contribution in [0.2, 0.25) is 0 Å². The summed E-state index contributed by atoms with van der Waals surface area (Å²) in [5, 5.41) is 2.73. The van der Waals surface area contributed by atoms with Crippen LogP contribution in [-0.4, -0.2) is 32.6 Å². The van der Waals surface area contributed by atoms with E-state index >= 15 is 0 Å². The quantitative estimate of drug-likeness (QED) is 0.244. The summed E-state index contributed by atoms with van der Waals surface area (Å²) in [6, 6.07) is 22.3. The van der Waals surface area contributed by atoms with Crippen molar-refractivity contribution in [3.8, 4) is 5.75 Å². The zero-order chi connectivity index (χ0) is 28.5. The van der Waals surface area contributed by atoms with Crippen LogP contribution in [0, 0.1) is 12.8 Å². The fourth-order valence-corrected chi connectivity index (χ4v) is 4.66. The molecule has 0 saturated heterocycles. The minimum atomic E-state index is -3.97. The molecule has 0 aliphatic rings. The highest BCUT2D eigenvalue weighted by molar-refractivity contribution is 7.87. The minimum Gasteiger partial charge on any atom is -0.460 e. The van der Waals surface area contributed by atoms with Gasteiger partial charge in [0.2, 0.25) is 0 Å². The van der Waals surface area contributed by atoms with Crippen molar-refractivity contribution in [1.29, 1.82) is 0 Å². The summed E-state index contributed by atoms with van der Waals surface area (Å²) in [5.41, 5.74) is 2.01. The van der Waals surface area contributed by atoms with Gasteiger partial charge in [-0.2, -0.15) is 8.42 Å². The predicted octanol–water partition coefficient (Wildman–Crippen LogP) is 5.58. The molecule has 1 amide bonds.